The van der Waals surface area contributed by atoms with E-state index in [0.717, 1.165) is 24.3 Å². The second-order valence-electron chi connectivity index (χ2n) is 5.67. The molecule has 0 aliphatic carbocycles. The van der Waals surface area contributed by atoms with Gasteiger partial charge in [0.1, 0.15) is 16.8 Å². The molecular formula is C18H16FNO5S2. The molecule has 6 nitrogen and oxygen atoms in total. The highest BCUT2D eigenvalue weighted by Crippen LogP contribution is 2.29. The summed E-state index contributed by atoms with van der Waals surface area (Å²) < 4.78 is 71.5. The average Bonchev–Trinajstić information content (AvgIpc) is 3.17. The van der Waals surface area contributed by atoms with Gasteiger partial charge in [0.15, 0.2) is 9.84 Å². The molecule has 0 saturated heterocycles. The highest BCUT2D eigenvalue weighted by Gasteiger charge is 2.32. The molecule has 9 heteroatoms. The van der Waals surface area contributed by atoms with E-state index in [1.54, 1.807) is 18.2 Å². The molecule has 1 N–H and O–H groups in total. The Bertz CT molecular complexity index is 1090. The van der Waals surface area contributed by atoms with Gasteiger partial charge in [0.2, 0.25) is 10.0 Å². The van der Waals surface area contributed by atoms with Gasteiger partial charge in [-0.2, -0.15) is 0 Å². The lowest BCUT2D eigenvalue weighted by Gasteiger charge is -2.17. The molecule has 0 amide bonds. The quantitative estimate of drug-likeness (QED) is 0.606. The van der Waals surface area contributed by atoms with Crippen molar-refractivity contribution in [1.82, 2.24) is 4.72 Å². The van der Waals surface area contributed by atoms with Crippen molar-refractivity contribution < 1.29 is 25.6 Å². The number of sulfone groups is 1. The highest BCUT2D eigenvalue weighted by atomic mass is 32.2. The fourth-order valence-electron chi connectivity index (χ4n) is 2.49. The molecule has 1 aromatic heterocycles. The molecule has 3 rings (SSSR count). The Labute approximate surface area is 156 Å². The van der Waals surface area contributed by atoms with Crippen molar-refractivity contribution in [1.29, 1.82) is 0 Å². The average molecular weight is 409 g/mol. The molecule has 0 radical (unpaired) electrons. The van der Waals surface area contributed by atoms with Crippen LogP contribution < -0.4 is 4.72 Å². The van der Waals surface area contributed by atoms with Gasteiger partial charge in [-0.05, 0) is 48.5 Å². The van der Waals surface area contributed by atoms with Crippen molar-refractivity contribution in [2.75, 3.05) is 6.54 Å². The van der Waals surface area contributed by atoms with Crippen LogP contribution in [0.1, 0.15) is 11.0 Å². The van der Waals surface area contributed by atoms with E-state index in [-0.39, 0.29) is 15.6 Å². The third kappa shape index (κ3) is 4.26. The molecular weight excluding hydrogens is 393 g/mol. The van der Waals surface area contributed by atoms with Crippen molar-refractivity contribution in [3.63, 3.8) is 0 Å². The van der Waals surface area contributed by atoms with Gasteiger partial charge < -0.3 is 4.42 Å². The van der Waals surface area contributed by atoms with Crippen LogP contribution >= 0.6 is 0 Å². The van der Waals surface area contributed by atoms with Crippen LogP contribution in [0.25, 0.3) is 0 Å². The molecule has 3 aromatic rings. The summed E-state index contributed by atoms with van der Waals surface area (Å²) in [5, 5.41) is -1.31. The Morgan fingerprint density at radius 2 is 1.52 bits per heavy atom. The molecule has 27 heavy (non-hydrogen) atoms. The Balaban J connectivity index is 1.92. The van der Waals surface area contributed by atoms with Gasteiger partial charge in [-0.3, -0.25) is 0 Å². The molecule has 2 aromatic carbocycles. The zero-order chi connectivity index (χ0) is 19.5. The molecule has 0 unspecified atom stereocenters. The minimum atomic E-state index is -4.03. The van der Waals surface area contributed by atoms with Crippen molar-refractivity contribution in [2.24, 2.45) is 0 Å². The molecule has 0 aliphatic heterocycles. The van der Waals surface area contributed by atoms with Crippen LogP contribution in [0.2, 0.25) is 0 Å². The van der Waals surface area contributed by atoms with Crippen molar-refractivity contribution in [2.45, 2.75) is 15.0 Å². The van der Waals surface area contributed by atoms with Gasteiger partial charge in [-0.25, -0.2) is 25.9 Å². The zero-order valence-electron chi connectivity index (χ0n) is 13.9. The van der Waals surface area contributed by atoms with Gasteiger partial charge >= 0.3 is 0 Å². The monoisotopic (exact) mass is 409 g/mol. The third-order valence-electron chi connectivity index (χ3n) is 3.89. The molecule has 0 bridgehead atoms. The van der Waals surface area contributed by atoms with E-state index >= 15 is 0 Å². The minimum absolute atomic E-state index is 0.0161. The molecule has 1 heterocycles. The van der Waals surface area contributed by atoms with Gasteiger partial charge in [-0.1, -0.05) is 18.2 Å². The van der Waals surface area contributed by atoms with E-state index in [0.29, 0.717) is 0 Å². The molecule has 0 spiro atoms. The SMILES string of the molecule is O=S(=O)(NC[C@H](c1ccco1)S(=O)(=O)c1ccc(F)cc1)c1ccccc1. The highest BCUT2D eigenvalue weighted by molar-refractivity contribution is 7.92. The van der Waals surface area contributed by atoms with E-state index in [1.807, 2.05) is 0 Å². The van der Waals surface area contributed by atoms with Gasteiger partial charge in [0.25, 0.3) is 0 Å². The Kier molecular flexibility index (Phi) is 5.45. The third-order valence-corrected chi connectivity index (χ3v) is 7.41. The Morgan fingerprint density at radius 1 is 0.852 bits per heavy atom. The summed E-state index contributed by atoms with van der Waals surface area (Å²) in [6.45, 7) is -0.440. The summed E-state index contributed by atoms with van der Waals surface area (Å²) in [7, 11) is -7.94. The van der Waals surface area contributed by atoms with Crippen LogP contribution in [-0.4, -0.2) is 23.4 Å². The number of sulfonamides is 1. The van der Waals surface area contributed by atoms with Crippen LogP contribution in [0.4, 0.5) is 4.39 Å². The number of rotatable bonds is 7. The molecule has 0 aliphatic rings. The summed E-state index contributed by atoms with van der Waals surface area (Å²) in [4.78, 5) is -0.119. The van der Waals surface area contributed by atoms with Crippen molar-refractivity contribution in [3.8, 4) is 0 Å². The topological polar surface area (TPSA) is 93.4 Å². The van der Waals surface area contributed by atoms with E-state index in [1.165, 1.54) is 30.5 Å². The number of nitrogens with one attached hydrogen (secondary N) is 1. The zero-order valence-corrected chi connectivity index (χ0v) is 15.6. The van der Waals surface area contributed by atoms with Crippen molar-refractivity contribution in [3.05, 3.63) is 84.6 Å². The number of benzene rings is 2. The minimum Gasteiger partial charge on any atom is -0.468 e. The lowest BCUT2D eigenvalue weighted by molar-refractivity contribution is 0.486. The normalized spacial score (nSPS) is 13.4. The lowest BCUT2D eigenvalue weighted by Crippen LogP contribution is -2.31. The van der Waals surface area contributed by atoms with E-state index in [2.05, 4.69) is 4.72 Å². The smallest absolute Gasteiger partial charge is 0.240 e. The van der Waals surface area contributed by atoms with Crippen LogP contribution in [0, 0.1) is 5.82 Å². The molecule has 0 fully saturated rings. The van der Waals surface area contributed by atoms with Crippen molar-refractivity contribution >= 4 is 19.9 Å². The summed E-state index contributed by atoms with van der Waals surface area (Å²) in [6, 6.07) is 14.9. The van der Waals surface area contributed by atoms with Crippen LogP contribution in [0.3, 0.4) is 0 Å². The fourth-order valence-corrected chi connectivity index (χ4v) is 5.25. The number of hydrogen-bond donors (Lipinski definition) is 1. The largest absolute Gasteiger partial charge is 0.468 e. The van der Waals surface area contributed by atoms with E-state index in [9.17, 15) is 21.2 Å². The fraction of sp³-hybridized carbons (Fsp3) is 0.111. The predicted molar refractivity (Wildman–Crippen MR) is 96.7 cm³/mol. The summed E-state index contributed by atoms with van der Waals surface area (Å²) >= 11 is 0. The summed E-state index contributed by atoms with van der Waals surface area (Å²) in [6.07, 6.45) is 1.30. The first-order valence-corrected chi connectivity index (χ1v) is 10.9. The predicted octanol–water partition coefficient (Wildman–Crippen LogP) is 2.91. The van der Waals surface area contributed by atoms with Crippen LogP contribution in [0.5, 0.6) is 0 Å². The molecule has 1 atom stereocenters. The summed E-state index contributed by atoms with van der Waals surface area (Å²) in [5.74, 6) is -0.497. The number of furan rings is 1. The lowest BCUT2D eigenvalue weighted by atomic mass is 10.3. The first-order chi connectivity index (χ1) is 12.8. The summed E-state index contributed by atoms with van der Waals surface area (Å²) in [5.41, 5.74) is 0. The van der Waals surface area contributed by atoms with E-state index in [4.69, 9.17) is 4.42 Å². The first kappa shape index (κ1) is 19.3. The Hall–Kier alpha value is -2.49. The van der Waals surface area contributed by atoms with Crippen LogP contribution in [-0.2, 0) is 19.9 Å². The maximum atomic E-state index is 13.1. The molecule has 0 saturated carbocycles. The maximum absolute atomic E-state index is 13.1. The van der Waals surface area contributed by atoms with E-state index < -0.39 is 37.5 Å². The number of halogens is 1. The molecule has 142 valence electrons. The van der Waals surface area contributed by atoms with Crippen LogP contribution in [0.15, 0.2) is 87.2 Å². The van der Waals surface area contributed by atoms with Gasteiger partial charge in [-0.15, -0.1) is 0 Å². The number of hydrogen-bond acceptors (Lipinski definition) is 5. The standard InChI is InChI=1S/C18H16FNO5S2/c19-14-8-10-15(11-9-14)26(21,22)18(17-7-4-12-25-17)13-20-27(23,24)16-5-2-1-3-6-16/h1-12,18,20H,13H2/t18-/m1/s1. The Morgan fingerprint density at radius 3 is 2.11 bits per heavy atom. The van der Waals surface area contributed by atoms with Gasteiger partial charge in [0.05, 0.1) is 16.1 Å². The van der Waals surface area contributed by atoms with Gasteiger partial charge in [0, 0.05) is 6.54 Å². The first-order valence-electron chi connectivity index (χ1n) is 7.88. The second kappa shape index (κ2) is 7.63. The second-order valence-corrected chi connectivity index (χ2v) is 9.57. The maximum Gasteiger partial charge on any atom is 0.240 e.